The second-order valence-electron chi connectivity index (χ2n) is 2.77. The summed E-state index contributed by atoms with van der Waals surface area (Å²) < 4.78 is 0. The van der Waals surface area contributed by atoms with E-state index in [0.717, 1.165) is 6.54 Å². The van der Waals surface area contributed by atoms with E-state index >= 15 is 0 Å². The molecule has 0 bridgehead atoms. The average Bonchev–Trinajstić information content (AvgIpc) is 2.06. The summed E-state index contributed by atoms with van der Waals surface area (Å²) in [5.41, 5.74) is 1.31. The van der Waals surface area contributed by atoms with E-state index in [0.29, 0.717) is 0 Å². The molecule has 0 aliphatic carbocycles. The quantitative estimate of drug-likeness (QED) is 0.488. The van der Waals surface area contributed by atoms with Crippen LogP contribution in [0.2, 0.25) is 0 Å². The standard InChI is InChI=1S/C10H14N2/c1-11-9-12(2)8-10-6-4-3-5-7-10/h3-7,9H,8H2,1-2H3. The lowest BCUT2D eigenvalue weighted by Gasteiger charge is -2.11. The van der Waals surface area contributed by atoms with Crippen molar-refractivity contribution in [2.24, 2.45) is 4.99 Å². The van der Waals surface area contributed by atoms with Crippen molar-refractivity contribution >= 4 is 6.34 Å². The van der Waals surface area contributed by atoms with Gasteiger partial charge in [-0.15, -0.1) is 0 Å². The molecule has 0 amide bonds. The summed E-state index contributed by atoms with van der Waals surface area (Å²) >= 11 is 0. The van der Waals surface area contributed by atoms with Crippen LogP contribution >= 0.6 is 0 Å². The van der Waals surface area contributed by atoms with Crippen molar-refractivity contribution in [2.75, 3.05) is 14.1 Å². The number of nitrogens with zero attached hydrogens (tertiary/aromatic N) is 2. The first-order chi connectivity index (χ1) is 5.83. The van der Waals surface area contributed by atoms with Crippen LogP contribution in [0.3, 0.4) is 0 Å². The van der Waals surface area contributed by atoms with Crippen LogP contribution in [0.15, 0.2) is 35.3 Å². The Hall–Kier alpha value is -1.31. The summed E-state index contributed by atoms with van der Waals surface area (Å²) in [7, 11) is 3.79. The van der Waals surface area contributed by atoms with Gasteiger partial charge >= 0.3 is 0 Å². The zero-order valence-electron chi connectivity index (χ0n) is 7.57. The molecule has 1 aromatic carbocycles. The van der Waals surface area contributed by atoms with Gasteiger partial charge in [-0.3, -0.25) is 4.99 Å². The molecule has 0 unspecified atom stereocenters. The van der Waals surface area contributed by atoms with Gasteiger partial charge in [0.25, 0.3) is 0 Å². The lowest BCUT2D eigenvalue weighted by atomic mass is 10.2. The number of aliphatic imine (C=N–C) groups is 1. The SMILES string of the molecule is CN=CN(C)Cc1ccccc1. The Kier molecular flexibility index (Phi) is 3.33. The third-order valence-electron chi connectivity index (χ3n) is 1.59. The van der Waals surface area contributed by atoms with Crippen molar-refractivity contribution in [1.29, 1.82) is 0 Å². The zero-order chi connectivity index (χ0) is 8.81. The van der Waals surface area contributed by atoms with Gasteiger partial charge in [-0.1, -0.05) is 30.3 Å². The Bertz CT molecular complexity index is 241. The monoisotopic (exact) mass is 162 g/mol. The summed E-state index contributed by atoms with van der Waals surface area (Å²) in [4.78, 5) is 5.98. The van der Waals surface area contributed by atoms with Gasteiger partial charge < -0.3 is 4.90 Å². The second-order valence-corrected chi connectivity index (χ2v) is 2.77. The van der Waals surface area contributed by atoms with Gasteiger partial charge in [0.15, 0.2) is 0 Å². The molecule has 0 radical (unpaired) electrons. The van der Waals surface area contributed by atoms with E-state index in [2.05, 4.69) is 22.0 Å². The van der Waals surface area contributed by atoms with Crippen LogP contribution in [0.4, 0.5) is 0 Å². The molecule has 0 N–H and O–H groups in total. The van der Waals surface area contributed by atoms with E-state index in [-0.39, 0.29) is 0 Å². The number of rotatable bonds is 3. The van der Waals surface area contributed by atoms with Gasteiger partial charge in [-0.25, -0.2) is 0 Å². The highest BCUT2D eigenvalue weighted by Gasteiger charge is 1.92. The van der Waals surface area contributed by atoms with Crippen molar-refractivity contribution in [3.8, 4) is 0 Å². The molecule has 2 nitrogen and oxygen atoms in total. The smallest absolute Gasteiger partial charge is 0.0846 e. The van der Waals surface area contributed by atoms with E-state index in [1.807, 2.05) is 31.6 Å². The fourth-order valence-corrected chi connectivity index (χ4v) is 1.11. The van der Waals surface area contributed by atoms with E-state index in [4.69, 9.17) is 0 Å². The fourth-order valence-electron chi connectivity index (χ4n) is 1.11. The Balaban J connectivity index is 2.52. The molecule has 0 spiro atoms. The van der Waals surface area contributed by atoms with Crippen molar-refractivity contribution < 1.29 is 0 Å². The first-order valence-electron chi connectivity index (χ1n) is 3.99. The van der Waals surface area contributed by atoms with Gasteiger partial charge in [0, 0.05) is 20.6 Å². The highest BCUT2D eigenvalue weighted by Crippen LogP contribution is 2.00. The minimum absolute atomic E-state index is 0.915. The Morgan fingerprint density at radius 1 is 1.33 bits per heavy atom. The molecule has 64 valence electrons. The summed E-state index contributed by atoms with van der Waals surface area (Å²) in [6, 6.07) is 10.3. The van der Waals surface area contributed by atoms with E-state index < -0.39 is 0 Å². The summed E-state index contributed by atoms with van der Waals surface area (Å²) in [6.07, 6.45) is 1.83. The van der Waals surface area contributed by atoms with E-state index in [1.165, 1.54) is 5.56 Å². The fraction of sp³-hybridized carbons (Fsp3) is 0.300. The minimum atomic E-state index is 0.915. The predicted molar refractivity (Wildman–Crippen MR) is 52.3 cm³/mol. The van der Waals surface area contributed by atoms with Crippen molar-refractivity contribution in [2.45, 2.75) is 6.54 Å². The van der Waals surface area contributed by atoms with Crippen LogP contribution in [0.25, 0.3) is 0 Å². The van der Waals surface area contributed by atoms with E-state index in [9.17, 15) is 0 Å². The molecule has 1 rings (SSSR count). The minimum Gasteiger partial charge on any atom is -0.362 e. The van der Waals surface area contributed by atoms with Gasteiger partial charge in [0.1, 0.15) is 0 Å². The van der Waals surface area contributed by atoms with Gasteiger partial charge in [0.2, 0.25) is 0 Å². The van der Waals surface area contributed by atoms with Crippen LogP contribution in [0.5, 0.6) is 0 Å². The molecule has 1 aromatic rings. The van der Waals surface area contributed by atoms with Gasteiger partial charge in [-0.2, -0.15) is 0 Å². The molecule has 0 atom stereocenters. The molecule has 2 heteroatoms. The maximum absolute atomic E-state index is 3.93. The van der Waals surface area contributed by atoms with Crippen LogP contribution < -0.4 is 0 Å². The predicted octanol–water partition coefficient (Wildman–Crippen LogP) is 1.78. The first-order valence-corrected chi connectivity index (χ1v) is 3.99. The molecule has 0 aromatic heterocycles. The van der Waals surface area contributed by atoms with Crippen LogP contribution in [0.1, 0.15) is 5.56 Å². The molecule has 0 saturated carbocycles. The van der Waals surface area contributed by atoms with Crippen molar-refractivity contribution in [3.05, 3.63) is 35.9 Å². The number of hydrogen-bond acceptors (Lipinski definition) is 1. The lowest BCUT2D eigenvalue weighted by Crippen LogP contribution is -2.14. The largest absolute Gasteiger partial charge is 0.362 e. The molecule has 0 heterocycles. The Labute approximate surface area is 73.5 Å². The molecular weight excluding hydrogens is 148 g/mol. The highest BCUT2D eigenvalue weighted by atomic mass is 15.1. The van der Waals surface area contributed by atoms with Crippen LogP contribution in [-0.4, -0.2) is 25.3 Å². The van der Waals surface area contributed by atoms with Crippen LogP contribution in [0, 0.1) is 0 Å². The van der Waals surface area contributed by atoms with Gasteiger partial charge in [0.05, 0.1) is 6.34 Å². The third-order valence-corrected chi connectivity index (χ3v) is 1.59. The number of hydrogen-bond donors (Lipinski definition) is 0. The summed E-state index contributed by atoms with van der Waals surface area (Å²) in [5.74, 6) is 0. The maximum Gasteiger partial charge on any atom is 0.0846 e. The highest BCUT2D eigenvalue weighted by molar-refractivity contribution is 5.54. The summed E-state index contributed by atoms with van der Waals surface area (Å²) in [5, 5.41) is 0. The molecule has 0 aliphatic rings. The van der Waals surface area contributed by atoms with Gasteiger partial charge in [-0.05, 0) is 5.56 Å². The Morgan fingerprint density at radius 3 is 2.58 bits per heavy atom. The van der Waals surface area contributed by atoms with E-state index in [1.54, 1.807) is 7.05 Å². The molecular formula is C10H14N2. The molecule has 12 heavy (non-hydrogen) atoms. The third kappa shape index (κ3) is 2.74. The summed E-state index contributed by atoms with van der Waals surface area (Å²) in [6.45, 7) is 0.915. The number of benzene rings is 1. The molecule has 0 aliphatic heterocycles. The lowest BCUT2D eigenvalue weighted by molar-refractivity contribution is 0.515. The molecule has 0 fully saturated rings. The Morgan fingerprint density at radius 2 is 2.00 bits per heavy atom. The van der Waals surface area contributed by atoms with Crippen molar-refractivity contribution in [1.82, 2.24) is 4.90 Å². The average molecular weight is 162 g/mol. The normalized spacial score (nSPS) is 10.5. The molecule has 0 saturated heterocycles. The van der Waals surface area contributed by atoms with Crippen molar-refractivity contribution in [3.63, 3.8) is 0 Å². The zero-order valence-corrected chi connectivity index (χ0v) is 7.57. The first kappa shape index (κ1) is 8.78. The topological polar surface area (TPSA) is 15.6 Å². The van der Waals surface area contributed by atoms with Crippen LogP contribution in [-0.2, 0) is 6.54 Å². The maximum atomic E-state index is 3.93. The second kappa shape index (κ2) is 4.54.